The van der Waals surface area contributed by atoms with E-state index in [2.05, 4.69) is 0 Å². The molecule has 0 aromatic rings. The van der Waals surface area contributed by atoms with E-state index < -0.39 is 9.05 Å². The minimum absolute atomic E-state index is 0. The lowest BCUT2D eigenvalue weighted by Gasteiger charge is -1.88. The smallest absolute Gasteiger partial charge is 0.232 e. The van der Waals surface area contributed by atoms with Gasteiger partial charge in [-0.15, -0.1) is 0 Å². The lowest BCUT2D eigenvalue weighted by Crippen LogP contribution is -1.94. The molecule has 0 fully saturated rings. The molecule has 5 heteroatoms. The molecule has 0 saturated heterocycles. The van der Waals surface area contributed by atoms with Crippen LogP contribution in [0.5, 0.6) is 0 Å². The first kappa shape index (κ1) is 11.9. The summed E-state index contributed by atoms with van der Waals surface area (Å²) in [5.41, 5.74) is 0. The van der Waals surface area contributed by atoms with Crippen molar-refractivity contribution < 1.29 is 13.1 Å². The van der Waals surface area contributed by atoms with E-state index >= 15 is 0 Å². The van der Waals surface area contributed by atoms with Crippen molar-refractivity contribution in [3.63, 3.8) is 0 Å². The van der Waals surface area contributed by atoms with Crippen LogP contribution >= 0.6 is 10.7 Å². The van der Waals surface area contributed by atoms with Gasteiger partial charge < -0.3 is 0 Å². The largest absolute Gasteiger partial charge is 0.269 e. The number of halogens is 2. The first-order valence-electron chi connectivity index (χ1n) is 2.48. The average molecular weight is 177 g/mol. The molecule has 0 aromatic carbocycles. The van der Waals surface area contributed by atoms with Gasteiger partial charge in [-0.3, -0.25) is 4.70 Å². The lowest BCUT2D eigenvalue weighted by atomic mass is 10.4. The molecule has 0 aliphatic carbocycles. The van der Waals surface area contributed by atoms with Gasteiger partial charge >= 0.3 is 0 Å². The Morgan fingerprint density at radius 1 is 1.44 bits per heavy atom. The summed E-state index contributed by atoms with van der Waals surface area (Å²) in [6.45, 7) is 1.92. The highest BCUT2D eigenvalue weighted by atomic mass is 35.7. The van der Waals surface area contributed by atoms with Crippen LogP contribution in [0.25, 0.3) is 0 Å². The average Bonchev–Trinajstić information content (AvgIpc) is 1.59. The van der Waals surface area contributed by atoms with Gasteiger partial charge in [-0.25, -0.2) is 8.42 Å². The second-order valence-corrected chi connectivity index (χ2v) is 4.49. The number of hydrogen-bond donors (Lipinski definition) is 0. The Balaban J connectivity index is 0. The van der Waals surface area contributed by atoms with Crippen molar-refractivity contribution in [1.82, 2.24) is 0 Å². The van der Waals surface area contributed by atoms with Gasteiger partial charge in [0.1, 0.15) is 0 Å². The SMILES string of the molecule is CCCCS(=O)(=O)Cl.F. The van der Waals surface area contributed by atoms with Gasteiger partial charge in [-0.05, 0) is 6.42 Å². The molecular weight excluding hydrogens is 167 g/mol. The normalized spacial score (nSPS) is 10.4. The summed E-state index contributed by atoms with van der Waals surface area (Å²) in [5, 5.41) is 0. The van der Waals surface area contributed by atoms with Gasteiger partial charge in [0.25, 0.3) is 0 Å². The molecule has 0 unspecified atom stereocenters. The van der Waals surface area contributed by atoms with Crippen LogP contribution in [0.1, 0.15) is 19.8 Å². The standard InChI is InChI=1S/C4H9ClO2S.FH/c1-2-3-4-8(5,6)7;/h2-4H2,1H3;1H. The monoisotopic (exact) mass is 176 g/mol. The highest BCUT2D eigenvalue weighted by Gasteiger charge is 2.01. The molecule has 9 heavy (non-hydrogen) atoms. The summed E-state index contributed by atoms with van der Waals surface area (Å²) in [6.07, 6.45) is 1.53. The van der Waals surface area contributed by atoms with Crippen molar-refractivity contribution >= 4 is 19.7 Å². The van der Waals surface area contributed by atoms with Gasteiger partial charge in [0.15, 0.2) is 0 Å². The molecule has 0 amide bonds. The van der Waals surface area contributed by atoms with Crippen LogP contribution in [0.15, 0.2) is 0 Å². The fraction of sp³-hybridized carbons (Fsp3) is 1.00. The first-order chi connectivity index (χ1) is 3.56. The molecule has 0 bridgehead atoms. The van der Waals surface area contributed by atoms with E-state index in [-0.39, 0.29) is 10.5 Å². The summed E-state index contributed by atoms with van der Waals surface area (Å²) in [4.78, 5) is 0. The van der Waals surface area contributed by atoms with Crippen LogP contribution in [0.3, 0.4) is 0 Å². The van der Waals surface area contributed by atoms with E-state index in [0.29, 0.717) is 6.42 Å². The summed E-state index contributed by atoms with van der Waals surface area (Å²) in [6, 6.07) is 0. The molecule has 0 N–H and O–H groups in total. The zero-order chi connectivity index (χ0) is 6.62. The Labute approximate surface area is 59.0 Å². The third kappa shape index (κ3) is 11.6. The minimum Gasteiger partial charge on any atom is -0.269 e. The molecular formula is C4H10ClFO2S. The highest BCUT2D eigenvalue weighted by Crippen LogP contribution is 1.99. The van der Waals surface area contributed by atoms with Crippen molar-refractivity contribution in [2.24, 2.45) is 0 Å². The second kappa shape index (κ2) is 4.99. The molecule has 0 saturated carbocycles. The lowest BCUT2D eigenvalue weighted by molar-refractivity contribution is 0.606. The van der Waals surface area contributed by atoms with Gasteiger partial charge in [0.05, 0.1) is 5.75 Å². The maximum absolute atomic E-state index is 10.2. The topological polar surface area (TPSA) is 34.1 Å². The molecule has 2 nitrogen and oxygen atoms in total. The van der Waals surface area contributed by atoms with Crippen LogP contribution in [-0.2, 0) is 9.05 Å². The molecule has 0 rings (SSSR count). The van der Waals surface area contributed by atoms with Gasteiger partial charge in [-0.1, -0.05) is 13.3 Å². The quantitative estimate of drug-likeness (QED) is 0.611. The third-order valence-electron chi connectivity index (χ3n) is 0.742. The van der Waals surface area contributed by atoms with Crippen LogP contribution in [0.2, 0.25) is 0 Å². The first-order valence-corrected chi connectivity index (χ1v) is 4.96. The van der Waals surface area contributed by atoms with Crippen LogP contribution in [0, 0.1) is 0 Å². The number of rotatable bonds is 3. The minimum atomic E-state index is -3.21. The van der Waals surface area contributed by atoms with E-state index in [1.54, 1.807) is 0 Å². The maximum atomic E-state index is 10.2. The molecule has 0 atom stereocenters. The Kier molecular flexibility index (Phi) is 6.61. The molecule has 0 aliphatic heterocycles. The van der Waals surface area contributed by atoms with Crippen LogP contribution in [-0.4, -0.2) is 14.2 Å². The second-order valence-electron chi connectivity index (χ2n) is 1.60. The van der Waals surface area contributed by atoms with Crippen LogP contribution < -0.4 is 0 Å². The van der Waals surface area contributed by atoms with E-state index in [1.807, 2.05) is 6.92 Å². The van der Waals surface area contributed by atoms with Gasteiger partial charge in [0.2, 0.25) is 9.05 Å². The zero-order valence-corrected chi connectivity index (χ0v) is 6.70. The van der Waals surface area contributed by atoms with Crippen molar-refractivity contribution in [2.75, 3.05) is 5.75 Å². The molecule has 0 aromatic heterocycles. The van der Waals surface area contributed by atoms with Crippen molar-refractivity contribution in [2.45, 2.75) is 19.8 Å². The van der Waals surface area contributed by atoms with Gasteiger partial charge in [0, 0.05) is 10.7 Å². The molecule has 0 radical (unpaired) electrons. The van der Waals surface area contributed by atoms with E-state index in [0.717, 1.165) is 6.42 Å². The number of hydrogen-bond acceptors (Lipinski definition) is 2. The highest BCUT2D eigenvalue weighted by molar-refractivity contribution is 8.13. The predicted molar refractivity (Wildman–Crippen MR) is 37.1 cm³/mol. The van der Waals surface area contributed by atoms with Crippen molar-refractivity contribution in [1.29, 1.82) is 0 Å². The van der Waals surface area contributed by atoms with E-state index in [1.165, 1.54) is 0 Å². The predicted octanol–water partition coefficient (Wildman–Crippen LogP) is 1.51. The van der Waals surface area contributed by atoms with Crippen molar-refractivity contribution in [3.8, 4) is 0 Å². The summed E-state index contributed by atoms with van der Waals surface area (Å²) < 4.78 is 20.3. The zero-order valence-electron chi connectivity index (χ0n) is 5.13. The Morgan fingerprint density at radius 2 is 1.89 bits per heavy atom. The summed E-state index contributed by atoms with van der Waals surface area (Å²) >= 11 is 0. The third-order valence-corrected chi connectivity index (χ3v) is 1.98. The molecule has 0 aliphatic rings. The Hall–Kier alpha value is 0.170. The fourth-order valence-corrected chi connectivity index (χ4v) is 1.28. The summed E-state index contributed by atoms with van der Waals surface area (Å²) in [7, 11) is 1.67. The van der Waals surface area contributed by atoms with Gasteiger partial charge in [-0.2, -0.15) is 0 Å². The van der Waals surface area contributed by atoms with E-state index in [4.69, 9.17) is 10.7 Å². The summed E-state index contributed by atoms with van der Waals surface area (Å²) in [5.74, 6) is 0.102. The Bertz CT molecular complexity index is 143. The fourth-order valence-electron chi connectivity index (χ4n) is 0.317. The maximum Gasteiger partial charge on any atom is 0.232 e. The van der Waals surface area contributed by atoms with Crippen molar-refractivity contribution in [3.05, 3.63) is 0 Å². The molecule has 0 heterocycles. The number of unbranched alkanes of at least 4 members (excludes halogenated alkanes) is 1. The Morgan fingerprint density at radius 3 is 2.00 bits per heavy atom. The molecule has 0 spiro atoms. The van der Waals surface area contributed by atoms with Crippen LogP contribution in [0.4, 0.5) is 4.70 Å². The van der Waals surface area contributed by atoms with E-state index in [9.17, 15) is 8.42 Å². The molecule has 58 valence electrons.